The van der Waals surface area contributed by atoms with Crippen molar-refractivity contribution in [2.24, 2.45) is 0 Å². The van der Waals surface area contributed by atoms with E-state index in [4.69, 9.17) is 0 Å². The van der Waals surface area contributed by atoms with Crippen molar-refractivity contribution < 1.29 is 17.9 Å². The summed E-state index contributed by atoms with van der Waals surface area (Å²) in [6.07, 6.45) is 3.10. The van der Waals surface area contributed by atoms with Crippen molar-refractivity contribution in [3.63, 3.8) is 0 Å². The molecule has 1 aromatic carbocycles. The van der Waals surface area contributed by atoms with Crippen molar-refractivity contribution in [2.75, 3.05) is 7.11 Å². The fraction of sp³-hybridized carbons (Fsp3) is 0.286. The molecule has 118 valence electrons. The number of hydrogen-bond donors (Lipinski definition) is 2. The van der Waals surface area contributed by atoms with E-state index in [0.717, 1.165) is 5.56 Å². The first-order valence-corrected chi connectivity index (χ1v) is 8.05. The maximum absolute atomic E-state index is 12.4. The molecule has 0 radical (unpaired) electrons. The summed E-state index contributed by atoms with van der Waals surface area (Å²) in [5, 5.41) is 0. The van der Waals surface area contributed by atoms with Gasteiger partial charge in [-0.15, -0.1) is 0 Å². The van der Waals surface area contributed by atoms with Crippen LogP contribution in [0.5, 0.6) is 0 Å². The van der Waals surface area contributed by atoms with Crippen LogP contribution in [0.25, 0.3) is 0 Å². The number of nitrogens with zero attached hydrogens (tertiary/aromatic N) is 1. The van der Waals surface area contributed by atoms with E-state index in [2.05, 4.69) is 19.4 Å². The monoisotopic (exact) mass is 323 g/mol. The van der Waals surface area contributed by atoms with Gasteiger partial charge in [0.2, 0.25) is 10.0 Å². The van der Waals surface area contributed by atoms with Gasteiger partial charge in [0.15, 0.2) is 0 Å². The summed E-state index contributed by atoms with van der Waals surface area (Å²) in [5.41, 5.74) is 1.57. The number of nitrogens with one attached hydrogen (secondary N) is 2. The average molecular weight is 323 g/mol. The van der Waals surface area contributed by atoms with E-state index in [1.165, 1.54) is 31.8 Å². The lowest BCUT2D eigenvalue weighted by molar-refractivity contribution is -0.142. The fourth-order valence-electron chi connectivity index (χ4n) is 1.90. The molecule has 0 saturated carbocycles. The highest BCUT2D eigenvalue weighted by atomic mass is 32.2. The molecule has 1 heterocycles. The Bertz CT molecular complexity index is 724. The quantitative estimate of drug-likeness (QED) is 0.765. The van der Waals surface area contributed by atoms with E-state index in [9.17, 15) is 13.2 Å². The largest absolute Gasteiger partial charge is 0.468 e. The molecule has 1 unspecified atom stereocenters. The molecule has 0 saturated heterocycles. The third-order valence-corrected chi connectivity index (χ3v) is 4.58. The number of ether oxygens (including phenoxy) is 1. The smallest absolute Gasteiger partial charge is 0.324 e. The molecule has 0 aliphatic heterocycles. The molecular weight excluding hydrogens is 306 g/mol. The second-order valence-corrected chi connectivity index (χ2v) is 6.51. The van der Waals surface area contributed by atoms with Crippen molar-refractivity contribution in [3.05, 3.63) is 48.0 Å². The first kappa shape index (κ1) is 16.2. The standard InChI is InChI=1S/C14H17N3O4S/c1-10-3-5-12(6-4-10)22(19,20)17-13(14(18)21-2)7-11-8-15-9-16-11/h3-6,8-9,13,17H,7H2,1-2H3,(H,15,16). The summed E-state index contributed by atoms with van der Waals surface area (Å²) in [5.74, 6) is -0.662. The Morgan fingerprint density at radius 1 is 1.36 bits per heavy atom. The predicted octanol–water partition coefficient (Wildman–Crippen LogP) is 0.781. The molecule has 22 heavy (non-hydrogen) atoms. The summed E-state index contributed by atoms with van der Waals surface area (Å²) in [4.78, 5) is 18.6. The van der Waals surface area contributed by atoms with Crippen molar-refractivity contribution in [1.82, 2.24) is 14.7 Å². The molecule has 1 aromatic heterocycles. The van der Waals surface area contributed by atoms with Gasteiger partial charge in [-0.25, -0.2) is 13.4 Å². The van der Waals surface area contributed by atoms with Gasteiger partial charge in [0.1, 0.15) is 6.04 Å². The summed E-state index contributed by atoms with van der Waals surface area (Å²) in [6, 6.07) is 5.33. The third-order valence-electron chi connectivity index (χ3n) is 3.09. The number of methoxy groups -OCH3 is 1. The Labute approximate surface area is 128 Å². The van der Waals surface area contributed by atoms with Crippen molar-refractivity contribution in [1.29, 1.82) is 0 Å². The highest BCUT2D eigenvalue weighted by Crippen LogP contribution is 2.12. The van der Waals surface area contributed by atoms with Gasteiger partial charge in [-0.2, -0.15) is 4.72 Å². The Morgan fingerprint density at radius 2 is 2.05 bits per heavy atom. The Morgan fingerprint density at radius 3 is 2.59 bits per heavy atom. The topological polar surface area (TPSA) is 101 Å². The van der Waals surface area contributed by atoms with E-state index in [-0.39, 0.29) is 11.3 Å². The lowest BCUT2D eigenvalue weighted by atomic mass is 10.2. The first-order valence-electron chi connectivity index (χ1n) is 6.56. The number of aromatic nitrogens is 2. The molecule has 1 atom stereocenters. The van der Waals surface area contributed by atoms with Gasteiger partial charge in [0, 0.05) is 18.3 Å². The van der Waals surface area contributed by atoms with Crippen molar-refractivity contribution >= 4 is 16.0 Å². The van der Waals surface area contributed by atoms with Crippen LogP contribution in [0.15, 0.2) is 41.7 Å². The first-order chi connectivity index (χ1) is 10.4. The van der Waals surface area contributed by atoms with Crippen molar-refractivity contribution in [3.8, 4) is 0 Å². The molecule has 0 aliphatic rings. The molecular formula is C14H17N3O4S. The van der Waals surface area contributed by atoms with Crippen LogP contribution in [0.3, 0.4) is 0 Å². The van der Waals surface area contributed by atoms with Gasteiger partial charge >= 0.3 is 5.97 Å². The Balaban J connectivity index is 2.21. The third kappa shape index (κ3) is 3.92. The number of esters is 1. The number of carbonyl (C=O) groups excluding carboxylic acids is 1. The fourth-order valence-corrected chi connectivity index (χ4v) is 3.09. The maximum Gasteiger partial charge on any atom is 0.324 e. The van der Waals surface area contributed by atoms with Gasteiger partial charge in [-0.3, -0.25) is 4.79 Å². The molecule has 8 heteroatoms. The number of sulfonamides is 1. The summed E-state index contributed by atoms with van der Waals surface area (Å²) in [7, 11) is -2.61. The van der Waals surface area contributed by atoms with Crippen LogP contribution in [-0.4, -0.2) is 37.5 Å². The second kappa shape index (κ2) is 6.71. The zero-order valence-corrected chi connectivity index (χ0v) is 13.1. The van der Waals surface area contributed by atoms with E-state index in [1.54, 1.807) is 12.1 Å². The molecule has 0 spiro atoms. The van der Waals surface area contributed by atoms with Crippen LogP contribution in [0.4, 0.5) is 0 Å². The lowest BCUT2D eigenvalue weighted by Gasteiger charge is -2.16. The number of H-pyrrole nitrogens is 1. The number of hydrogen-bond acceptors (Lipinski definition) is 5. The van der Waals surface area contributed by atoms with Crippen LogP contribution in [-0.2, 0) is 26.0 Å². The minimum atomic E-state index is -3.82. The van der Waals surface area contributed by atoms with Gasteiger partial charge in [-0.1, -0.05) is 17.7 Å². The number of aromatic amines is 1. The molecule has 0 fully saturated rings. The molecule has 2 rings (SSSR count). The summed E-state index contributed by atoms with van der Waals surface area (Å²) in [6.45, 7) is 1.86. The summed E-state index contributed by atoms with van der Waals surface area (Å²) < 4.78 is 31.7. The van der Waals surface area contributed by atoms with E-state index < -0.39 is 22.0 Å². The number of carbonyl (C=O) groups is 1. The zero-order valence-electron chi connectivity index (χ0n) is 12.2. The molecule has 0 bridgehead atoms. The van der Waals surface area contributed by atoms with E-state index >= 15 is 0 Å². The number of imidazole rings is 1. The van der Waals surface area contributed by atoms with Crippen molar-refractivity contribution in [2.45, 2.75) is 24.3 Å². The van der Waals surface area contributed by atoms with Crippen LogP contribution < -0.4 is 4.72 Å². The second-order valence-electron chi connectivity index (χ2n) is 4.79. The summed E-state index contributed by atoms with van der Waals surface area (Å²) >= 11 is 0. The van der Waals surface area contributed by atoms with Crippen LogP contribution in [0.2, 0.25) is 0 Å². The van der Waals surface area contributed by atoms with Crippen LogP contribution >= 0.6 is 0 Å². The molecule has 0 aliphatic carbocycles. The molecule has 0 amide bonds. The molecule has 2 aromatic rings. The van der Waals surface area contributed by atoms with Crippen LogP contribution in [0.1, 0.15) is 11.3 Å². The maximum atomic E-state index is 12.4. The molecule has 7 nitrogen and oxygen atoms in total. The van der Waals surface area contributed by atoms with Gasteiger partial charge in [0.05, 0.1) is 18.3 Å². The van der Waals surface area contributed by atoms with Gasteiger partial charge in [0.25, 0.3) is 0 Å². The van der Waals surface area contributed by atoms with E-state index in [0.29, 0.717) is 5.69 Å². The zero-order chi connectivity index (χ0) is 16.2. The SMILES string of the molecule is COC(=O)C(Cc1cnc[nH]1)NS(=O)(=O)c1ccc(C)cc1. The average Bonchev–Trinajstić information content (AvgIpc) is 2.99. The molecule has 2 N–H and O–H groups in total. The lowest BCUT2D eigenvalue weighted by Crippen LogP contribution is -2.43. The van der Waals surface area contributed by atoms with E-state index in [1.807, 2.05) is 6.92 Å². The van der Waals surface area contributed by atoms with Gasteiger partial charge in [-0.05, 0) is 19.1 Å². The minimum absolute atomic E-state index is 0.0941. The highest BCUT2D eigenvalue weighted by molar-refractivity contribution is 7.89. The number of rotatable bonds is 6. The normalized spacial score (nSPS) is 12.8. The highest BCUT2D eigenvalue weighted by Gasteiger charge is 2.27. The number of aryl methyl sites for hydroxylation is 1. The number of benzene rings is 1. The minimum Gasteiger partial charge on any atom is -0.468 e. The Kier molecular flexibility index (Phi) is 4.94. The Hall–Kier alpha value is -2.19. The van der Waals surface area contributed by atoms with Crippen LogP contribution in [0, 0.1) is 6.92 Å². The predicted molar refractivity (Wildman–Crippen MR) is 79.6 cm³/mol. The van der Waals surface area contributed by atoms with Gasteiger partial charge < -0.3 is 9.72 Å².